The lowest BCUT2D eigenvalue weighted by Crippen LogP contribution is -2.25. The van der Waals surface area contributed by atoms with E-state index in [4.69, 9.17) is 13.8 Å². The molecule has 142 valence electrons. The van der Waals surface area contributed by atoms with Crippen molar-refractivity contribution in [3.8, 4) is 0 Å². The van der Waals surface area contributed by atoms with E-state index in [0.717, 1.165) is 12.8 Å². The van der Waals surface area contributed by atoms with Crippen molar-refractivity contribution in [3.05, 3.63) is 11.1 Å². The first-order chi connectivity index (χ1) is 11.4. The van der Waals surface area contributed by atoms with Crippen LogP contribution in [0.5, 0.6) is 0 Å². The van der Waals surface area contributed by atoms with Gasteiger partial charge < -0.3 is 19.1 Å². The Labute approximate surface area is 146 Å². The molecule has 0 saturated heterocycles. The van der Waals surface area contributed by atoms with Crippen LogP contribution in [0.25, 0.3) is 0 Å². The first-order valence-corrected chi connectivity index (χ1v) is 10.5. The summed E-state index contributed by atoms with van der Waals surface area (Å²) < 4.78 is 28.5. The summed E-state index contributed by atoms with van der Waals surface area (Å²) in [6.45, 7) is 9.98. The second kappa shape index (κ2) is 13.5. The third kappa shape index (κ3) is 9.45. The monoisotopic (exact) mass is 363 g/mol. The van der Waals surface area contributed by atoms with Crippen LogP contribution in [-0.2, 0) is 18.3 Å². The fourth-order valence-electron chi connectivity index (χ4n) is 2.15. The van der Waals surface area contributed by atoms with Gasteiger partial charge in [0.15, 0.2) is 0 Å². The molecule has 0 saturated carbocycles. The number of hydrogen-bond acceptors (Lipinski definition) is 5. The summed E-state index contributed by atoms with van der Waals surface area (Å²) in [6.07, 6.45) is 6.23. The number of alkyl carbamates (subject to hydrolysis) is 1. The smallest absolute Gasteiger partial charge is 0.402 e. The van der Waals surface area contributed by atoms with E-state index in [1.807, 2.05) is 0 Å². The fraction of sp³-hybridized carbons (Fsp3) is 0.824. The van der Waals surface area contributed by atoms with Gasteiger partial charge in [-0.05, 0) is 39.7 Å². The molecule has 7 heteroatoms. The predicted molar refractivity (Wildman–Crippen MR) is 97.1 cm³/mol. The van der Waals surface area contributed by atoms with Crippen LogP contribution < -0.4 is 5.32 Å². The second-order valence-corrected chi connectivity index (χ2v) is 7.64. The van der Waals surface area contributed by atoms with Crippen LogP contribution in [-0.4, -0.2) is 25.9 Å². The number of ether oxygens (including phenoxy) is 1. The molecule has 0 aromatic heterocycles. The molecular formula is C17H34NO5P. The van der Waals surface area contributed by atoms with Crippen molar-refractivity contribution in [1.29, 1.82) is 0 Å². The van der Waals surface area contributed by atoms with Crippen LogP contribution in [0.2, 0.25) is 0 Å². The molecular weight excluding hydrogens is 329 g/mol. The molecule has 24 heavy (non-hydrogen) atoms. The molecule has 0 aromatic carbocycles. The normalized spacial score (nSPS) is 11.2. The lowest BCUT2D eigenvalue weighted by Gasteiger charge is -2.20. The van der Waals surface area contributed by atoms with E-state index < -0.39 is 13.7 Å². The van der Waals surface area contributed by atoms with Crippen LogP contribution in [0.3, 0.4) is 0 Å². The summed E-state index contributed by atoms with van der Waals surface area (Å²) in [5.74, 6) is 0. The highest BCUT2D eigenvalue weighted by Gasteiger charge is 2.34. The average Bonchev–Trinajstić information content (AvgIpc) is 2.51. The molecule has 0 atom stereocenters. The molecule has 0 aliphatic rings. The molecule has 0 spiro atoms. The minimum absolute atomic E-state index is 0.0216. The molecule has 0 rings (SSSR count). The summed E-state index contributed by atoms with van der Waals surface area (Å²) in [4.78, 5) is 11.9. The first kappa shape index (κ1) is 23.2. The highest BCUT2D eigenvalue weighted by atomic mass is 31.2. The minimum atomic E-state index is -3.60. The van der Waals surface area contributed by atoms with Gasteiger partial charge in [-0.3, -0.25) is 4.57 Å². The zero-order chi connectivity index (χ0) is 18.4. The molecule has 0 aliphatic carbocycles. The number of rotatable bonds is 13. The zero-order valence-electron chi connectivity index (χ0n) is 15.9. The summed E-state index contributed by atoms with van der Waals surface area (Å²) in [7, 11) is -3.60. The minimum Gasteiger partial charge on any atom is -0.402 e. The van der Waals surface area contributed by atoms with Crippen molar-refractivity contribution in [2.75, 3.05) is 19.8 Å². The summed E-state index contributed by atoms with van der Waals surface area (Å²) in [6, 6.07) is 0. The Morgan fingerprint density at radius 2 is 1.46 bits per heavy atom. The van der Waals surface area contributed by atoms with Crippen molar-refractivity contribution in [2.45, 2.75) is 73.1 Å². The van der Waals surface area contributed by atoms with Crippen LogP contribution in [0.1, 0.15) is 73.1 Å². The number of hydrogen-bond donors (Lipinski definition) is 1. The third-order valence-corrected chi connectivity index (χ3v) is 5.50. The number of nitrogens with one attached hydrogen (secondary N) is 1. The number of carbonyl (C=O) groups excluding carboxylic acids is 1. The van der Waals surface area contributed by atoms with Crippen molar-refractivity contribution in [3.63, 3.8) is 0 Å². The van der Waals surface area contributed by atoms with Crippen LogP contribution in [0.15, 0.2) is 11.1 Å². The number of amides is 1. The molecule has 0 aliphatic heterocycles. The van der Waals surface area contributed by atoms with Crippen LogP contribution in [0, 0.1) is 0 Å². The van der Waals surface area contributed by atoms with Crippen molar-refractivity contribution >= 4 is 13.7 Å². The predicted octanol–water partition coefficient (Wildman–Crippen LogP) is 5.59. The molecule has 0 radical (unpaired) electrons. The van der Waals surface area contributed by atoms with Crippen LogP contribution >= 0.6 is 7.60 Å². The highest BCUT2D eigenvalue weighted by molar-refractivity contribution is 7.58. The van der Waals surface area contributed by atoms with Gasteiger partial charge in [-0.15, -0.1) is 0 Å². The van der Waals surface area contributed by atoms with E-state index in [-0.39, 0.29) is 18.7 Å². The highest BCUT2D eigenvalue weighted by Crippen LogP contribution is 2.57. The number of unbranched alkanes of at least 4 members (excludes halogenated alkanes) is 5. The molecule has 1 N–H and O–H groups in total. The molecule has 0 aromatic rings. The van der Waals surface area contributed by atoms with Gasteiger partial charge in [0.1, 0.15) is 0 Å². The SMILES string of the molecule is CCCCCCCCNC(=O)OC(=C(C)C)P(=O)(OCC)OCC. The molecule has 0 bridgehead atoms. The number of carbonyl (C=O) groups is 1. The molecule has 0 fully saturated rings. The summed E-state index contributed by atoms with van der Waals surface area (Å²) in [5, 5.41) is 2.69. The standard InChI is InChI=1S/C17H34NO5P/c1-6-9-10-11-12-13-14-18-17(19)23-16(15(4)5)24(20,21-7-2)22-8-3/h6-14H2,1-5H3,(H,18,19). The number of allylic oxidation sites excluding steroid dienone is 1. The Bertz CT molecular complexity index is 423. The lowest BCUT2D eigenvalue weighted by atomic mass is 10.1. The van der Waals surface area contributed by atoms with E-state index in [1.165, 1.54) is 25.7 Å². The largest absolute Gasteiger partial charge is 0.412 e. The first-order valence-electron chi connectivity index (χ1n) is 8.94. The maximum Gasteiger partial charge on any atom is 0.412 e. The maximum absolute atomic E-state index is 12.8. The molecule has 0 heterocycles. The van der Waals surface area contributed by atoms with Gasteiger partial charge in [-0.25, -0.2) is 4.79 Å². The Morgan fingerprint density at radius 1 is 0.917 bits per heavy atom. The van der Waals surface area contributed by atoms with E-state index >= 15 is 0 Å². The average molecular weight is 363 g/mol. The van der Waals surface area contributed by atoms with Gasteiger partial charge in [0, 0.05) is 6.54 Å². The molecule has 6 nitrogen and oxygen atoms in total. The molecule has 0 unspecified atom stereocenters. The summed E-state index contributed by atoms with van der Waals surface area (Å²) >= 11 is 0. The Balaban J connectivity index is 4.45. The van der Waals surface area contributed by atoms with Crippen LogP contribution in [0.4, 0.5) is 4.79 Å². The van der Waals surface area contributed by atoms with Gasteiger partial charge in [-0.1, -0.05) is 39.0 Å². The Kier molecular flexibility index (Phi) is 13.0. The molecule has 1 amide bonds. The van der Waals surface area contributed by atoms with E-state index in [1.54, 1.807) is 27.7 Å². The van der Waals surface area contributed by atoms with E-state index in [0.29, 0.717) is 12.1 Å². The zero-order valence-corrected chi connectivity index (χ0v) is 16.7. The Morgan fingerprint density at radius 3 is 1.96 bits per heavy atom. The topological polar surface area (TPSA) is 73.9 Å². The van der Waals surface area contributed by atoms with Gasteiger partial charge in [0.05, 0.1) is 13.2 Å². The van der Waals surface area contributed by atoms with E-state index in [9.17, 15) is 9.36 Å². The summed E-state index contributed by atoms with van der Waals surface area (Å²) in [5.41, 5.74) is 0.571. The second-order valence-electron chi connectivity index (χ2n) is 5.72. The quantitative estimate of drug-likeness (QED) is 0.262. The van der Waals surface area contributed by atoms with Gasteiger partial charge in [-0.2, -0.15) is 0 Å². The van der Waals surface area contributed by atoms with Gasteiger partial charge in [0.2, 0.25) is 5.50 Å². The maximum atomic E-state index is 12.8. The van der Waals surface area contributed by atoms with Gasteiger partial charge >= 0.3 is 13.7 Å². The lowest BCUT2D eigenvalue weighted by molar-refractivity contribution is 0.165. The Hall–Kier alpha value is -0.840. The van der Waals surface area contributed by atoms with Crippen molar-refractivity contribution in [1.82, 2.24) is 5.32 Å². The van der Waals surface area contributed by atoms with Crippen molar-refractivity contribution in [2.24, 2.45) is 0 Å². The van der Waals surface area contributed by atoms with Crippen molar-refractivity contribution < 1.29 is 23.1 Å². The van der Waals surface area contributed by atoms with E-state index in [2.05, 4.69) is 12.2 Å². The third-order valence-electron chi connectivity index (χ3n) is 3.26. The fourth-order valence-corrected chi connectivity index (χ4v) is 3.88. The van der Waals surface area contributed by atoms with Gasteiger partial charge in [0.25, 0.3) is 0 Å².